The lowest BCUT2D eigenvalue weighted by molar-refractivity contribution is 0.153. The molecule has 0 amide bonds. The zero-order valence-corrected chi connectivity index (χ0v) is 19.9. The molecule has 0 N–H and O–H groups in total. The maximum Gasteiger partial charge on any atom is 0.0245 e. The highest BCUT2D eigenvalue weighted by Crippen LogP contribution is 2.42. The van der Waals surface area contributed by atoms with Gasteiger partial charge in [0, 0.05) is 11.5 Å². The van der Waals surface area contributed by atoms with Gasteiger partial charge < -0.3 is 0 Å². The third-order valence-electron chi connectivity index (χ3n) is 7.99. The minimum absolute atomic E-state index is 0.635. The van der Waals surface area contributed by atoms with E-state index < -0.39 is 0 Å². The zero-order chi connectivity index (χ0) is 21.0. The van der Waals surface area contributed by atoms with E-state index in [1.165, 1.54) is 114 Å². The van der Waals surface area contributed by atoms with Crippen LogP contribution in [-0.2, 0) is 6.42 Å². The second kappa shape index (κ2) is 13.2. The summed E-state index contributed by atoms with van der Waals surface area (Å²) < 4.78 is 0. The van der Waals surface area contributed by atoms with Gasteiger partial charge in [-0.3, -0.25) is 0 Å². The van der Waals surface area contributed by atoms with Crippen molar-refractivity contribution in [3.63, 3.8) is 0 Å². The molecule has 0 spiro atoms. The fourth-order valence-electron chi connectivity index (χ4n) is 5.87. The van der Waals surface area contributed by atoms with E-state index in [-0.39, 0.29) is 0 Å². The van der Waals surface area contributed by atoms with E-state index in [0.717, 1.165) is 17.8 Å². The fraction of sp³-hybridized carbons (Fsp3) is 0.733. The second-order valence-electron chi connectivity index (χ2n) is 10.3. The van der Waals surface area contributed by atoms with Gasteiger partial charge in [-0.05, 0) is 86.8 Å². The first-order valence-electron chi connectivity index (χ1n) is 13.4. The van der Waals surface area contributed by atoms with Crippen molar-refractivity contribution in [1.29, 1.82) is 0 Å². The number of hydrogen-bond acceptors (Lipinski definition) is 0. The molecule has 2 fully saturated rings. The van der Waals surface area contributed by atoms with E-state index in [1.807, 2.05) is 0 Å². The minimum Gasteiger partial charge on any atom is -0.0945 e. The predicted molar refractivity (Wildman–Crippen MR) is 132 cm³/mol. The van der Waals surface area contributed by atoms with Crippen LogP contribution in [0.5, 0.6) is 0 Å². The van der Waals surface area contributed by atoms with Crippen LogP contribution in [0.1, 0.15) is 121 Å². The largest absolute Gasteiger partial charge is 0.0945 e. The van der Waals surface area contributed by atoms with Gasteiger partial charge in [0.15, 0.2) is 0 Å². The third kappa shape index (κ3) is 7.80. The molecule has 0 bridgehead atoms. The van der Waals surface area contributed by atoms with Crippen LogP contribution in [0.2, 0.25) is 0 Å². The van der Waals surface area contributed by atoms with Gasteiger partial charge in [0.1, 0.15) is 0 Å². The normalized spacial score (nSPS) is 26.7. The summed E-state index contributed by atoms with van der Waals surface area (Å²) in [5, 5.41) is 0. The molecule has 30 heavy (non-hydrogen) atoms. The summed E-state index contributed by atoms with van der Waals surface area (Å²) >= 11 is 0. The van der Waals surface area contributed by atoms with E-state index >= 15 is 0 Å². The van der Waals surface area contributed by atoms with Crippen LogP contribution in [0.15, 0.2) is 24.3 Å². The van der Waals surface area contributed by atoms with Crippen LogP contribution in [-0.4, -0.2) is 0 Å². The van der Waals surface area contributed by atoms with E-state index in [2.05, 4.69) is 50.0 Å². The summed E-state index contributed by atoms with van der Waals surface area (Å²) in [4.78, 5) is 0. The van der Waals surface area contributed by atoms with Crippen LogP contribution in [0.4, 0.5) is 0 Å². The number of hydrogen-bond donors (Lipinski definition) is 0. The molecule has 166 valence electrons. The summed E-state index contributed by atoms with van der Waals surface area (Å²) in [7, 11) is 0. The molecule has 0 heterocycles. The quantitative estimate of drug-likeness (QED) is 0.283. The Morgan fingerprint density at radius 3 is 1.97 bits per heavy atom. The summed E-state index contributed by atoms with van der Waals surface area (Å²) in [6.45, 7) is 4.61. The number of unbranched alkanes of at least 4 members (excludes halogenated alkanes) is 4. The number of benzene rings is 1. The summed E-state index contributed by atoms with van der Waals surface area (Å²) in [5.74, 6) is 10.8. The lowest BCUT2D eigenvalue weighted by atomic mass is 9.69. The van der Waals surface area contributed by atoms with Crippen LogP contribution >= 0.6 is 0 Å². The molecule has 2 saturated carbocycles. The Labute approximate surface area is 187 Å². The standard InChI is InChI=1S/C30H46/c1-3-5-7-8-10-26-11-13-27(14-12-26)15-16-28-19-23-30(24-20-28)29-21-17-25(18-22-29)9-6-4-2/h11-14,25,28-30H,3-10,17-24H2,1-2H3. The lowest BCUT2D eigenvalue weighted by Crippen LogP contribution is -2.25. The Bertz CT molecular complexity index is 627. The van der Waals surface area contributed by atoms with Crippen LogP contribution in [0.25, 0.3) is 0 Å². The van der Waals surface area contributed by atoms with Crippen molar-refractivity contribution in [2.45, 2.75) is 117 Å². The average molecular weight is 407 g/mol. The summed E-state index contributed by atoms with van der Waals surface area (Å²) in [6.07, 6.45) is 22.5. The maximum absolute atomic E-state index is 3.62. The van der Waals surface area contributed by atoms with Crippen molar-refractivity contribution >= 4 is 0 Å². The monoisotopic (exact) mass is 406 g/mol. The smallest absolute Gasteiger partial charge is 0.0245 e. The molecule has 2 aliphatic carbocycles. The van der Waals surface area contributed by atoms with Crippen LogP contribution in [0, 0.1) is 35.5 Å². The Balaban J connectivity index is 1.37. The van der Waals surface area contributed by atoms with Crippen molar-refractivity contribution in [2.75, 3.05) is 0 Å². The summed E-state index contributed by atoms with van der Waals surface area (Å²) in [5.41, 5.74) is 2.68. The molecule has 0 heteroatoms. The van der Waals surface area contributed by atoms with Gasteiger partial charge in [-0.1, -0.05) is 89.2 Å². The Kier molecular flexibility index (Phi) is 10.4. The van der Waals surface area contributed by atoms with Crippen LogP contribution < -0.4 is 0 Å². The van der Waals surface area contributed by atoms with E-state index in [1.54, 1.807) is 0 Å². The van der Waals surface area contributed by atoms with Gasteiger partial charge in [-0.15, -0.1) is 0 Å². The highest BCUT2D eigenvalue weighted by molar-refractivity contribution is 5.36. The van der Waals surface area contributed by atoms with E-state index in [4.69, 9.17) is 0 Å². The molecule has 0 atom stereocenters. The first kappa shape index (κ1) is 23.4. The third-order valence-corrected chi connectivity index (χ3v) is 7.99. The summed E-state index contributed by atoms with van der Waals surface area (Å²) in [6, 6.07) is 9.07. The topological polar surface area (TPSA) is 0 Å². The van der Waals surface area contributed by atoms with E-state index in [0.29, 0.717) is 5.92 Å². The van der Waals surface area contributed by atoms with Crippen molar-refractivity contribution in [3.8, 4) is 11.8 Å². The van der Waals surface area contributed by atoms with Gasteiger partial charge in [0.2, 0.25) is 0 Å². The Morgan fingerprint density at radius 2 is 1.33 bits per heavy atom. The van der Waals surface area contributed by atoms with Crippen molar-refractivity contribution in [1.82, 2.24) is 0 Å². The molecule has 1 aromatic carbocycles. The molecule has 2 aliphatic rings. The molecule has 3 rings (SSSR count). The minimum atomic E-state index is 0.635. The van der Waals surface area contributed by atoms with Crippen molar-refractivity contribution in [3.05, 3.63) is 35.4 Å². The molecule has 1 aromatic rings. The Hall–Kier alpha value is -1.22. The van der Waals surface area contributed by atoms with Crippen molar-refractivity contribution in [2.24, 2.45) is 23.7 Å². The highest BCUT2D eigenvalue weighted by Gasteiger charge is 2.30. The average Bonchev–Trinajstić information content (AvgIpc) is 2.81. The first-order valence-corrected chi connectivity index (χ1v) is 13.4. The van der Waals surface area contributed by atoms with Gasteiger partial charge >= 0.3 is 0 Å². The molecule has 0 aromatic heterocycles. The zero-order valence-electron chi connectivity index (χ0n) is 19.9. The lowest BCUT2D eigenvalue weighted by Gasteiger charge is -2.37. The number of rotatable bonds is 9. The molecule has 0 aliphatic heterocycles. The molecule has 0 unspecified atom stereocenters. The molecular formula is C30H46. The van der Waals surface area contributed by atoms with E-state index in [9.17, 15) is 0 Å². The van der Waals surface area contributed by atoms with Gasteiger partial charge in [0.05, 0.1) is 0 Å². The highest BCUT2D eigenvalue weighted by atomic mass is 14.3. The second-order valence-corrected chi connectivity index (χ2v) is 10.3. The molecular weight excluding hydrogens is 360 g/mol. The number of aryl methyl sites for hydroxylation is 1. The molecule has 0 saturated heterocycles. The van der Waals surface area contributed by atoms with Crippen molar-refractivity contribution < 1.29 is 0 Å². The first-order chi connectivity index (χ1) is 14.8. The maximum atomic E-state index is 3.62. The SMILES string of the molecule is CCCCCCc1ccc(C#CC2CCC(C3CCC(CCCC)CC3)CC2)cc1. The predicted octanol–water partition coefficient (Wildman–Crippen LogP) is 8.96. The van der Waals surface area contributed by atoms with Crippen LogP contribution in [0.3, 0.4) is 0 Å². The van der Waals surface area contributed by atoms with Gasteiger partial charge in [0.25, 0.3) is 0 Å². The molecule has 0 radical (unpaired) electrons. The fourth-order valence-corrected chi connectivity index (χ4v) is 5.87. The Morgan fingerprint density at radius 1 is 0.700 bits per heavy atom. The molecule has 0 nitrogen and oxygen atoms in total. The van der Waals surface area contributed by atoms with Gasteiger partial charge in [-0.25, -0.2) is 0 Å². The van der Waals surface area contributed by atoms with Gasteiger partial charge in [-0.2, -0.15) is 0 Å².